The average molecular weight is 305 g/mol. The lowest BCUT2D eigenvalue weighted by Gasteiger charge is -2.12. The van der Waals surface area contributed by atoms with Gasteiger partial charge in [0.2, 0.25) is 0 Å². The molecule has 0 N–H and O–H groups in total. The monoisotopic (exact) mass is 305 g/mol. The predicted octanol–water partition coefficient (Wildman–Crippen LogP) is 1.94. The molecular weight excluding hydrogens is 294 g/mol. The Balaban J connectivity index is 1.76. The molecule has 0 radical (unpaired) electrons. The minimum atomic E-state index is -0.362. The van der Waals surface area contributed by atoms with Crippen molar-refractivity contribution in [1.82, 2.24) is 14.3 Å². The van der Waals surface area contributed by atoms with Crippen LogP contribution < -0.4 is 0 Å². The average Bonchev–Trinajstić information content (AvgIpc) is 3.06. The first-order valence-corrected chi connectivity index (χ1v) is 7.07. The van der Waals surface area contributed by atoms with Crippen LogP contribution in [0.25, 0.3) is 5.65 Å². The van der Waals surface area contributed by atoms with Gasteiger partial charge < -0.3 is 0 Å². The first-order chi connectivity index (χ1) is 11.2. The van der Waals surface area contributed by atoms with Gasteiger partial charge >= 0.3 is 0 Å². The third kappa shape index (κ3) is 1.88. The largest absolute Gasteiger partial charge is 0.297 e. The highest BCUT2D eigenvalue weighted by molar-refractivity contribution is 6.21. The molecule has 3 aromatic rings. The van der Waals surface area contributed by atoms with Crippen molar-refractivity contribution in [2.45, 2.75) is 6.54 Å². The third-order valence-electron chi connectivity index (χ3n) is 3.94. The standard InChI is InChI=1S/C17H11N3O3/c21-10-14-13(18-15-7-3-4-8-19(14)15)9-20-16(22)11-5-1-2-6-12(11)17(20)23/h1-8,10H,9H2. The second kappa shape index (κ2) is 4.88. The second-order valence-electron chi connectivity index (χ2n) is 5.23. The van der Waals surface area contributed by atoms with Gasteiger partial charge in [-0.05, 0) is 24.3 Å². The Morgan fingerprint density at radius 3 is 2.26 bits per heavy atom. The summed E-state index contributed by atoms with van der Waals surface area (Å²) < 4.78 is 1.64. The van der Waals surface area contributed by atoms with E-state index in [1.54, 1.807) is 47.0 Å². The van der Waals surface area contributed by atoms with Crippen LogP contribution >= 0.6 is 0 Å². The van der Waals surface area contributed by atoms with Crippen LogP contribution in [0.15, 0.2) is 48.7 Å². The van der Waals surface area contributed by atoms with Crippen molar-refractivity contribution in [2.75, 3.05) is 0 Å². The van der Waals surface area contributed by atoms with E-state index in [1.807, 2.05) is 6.07 Å². The Labute approximate surface area is 131 Å². The number of carbonyl (C=O) groups is 3. The molecule has 0 fully saturated rings. The van der Waals surface area contributed by atoms with E-state index in [4.69, 9.17) is 0 Å². The molecule has 0 aliphatic carbocycles. The fourth-order valence-electron chi connectivity index (χ4n) is 2.84. The van der Waals surface area contributed by atoms with Gasteiger partial charge in [-0.15, -0.1) is 0 Å². The maximum absolute atomic E-state index is 12.4. The summed E-state index contributed by atoms with van der Waals surface area (Å²) in [5, 5.41) is 0. The Kier molecular flexibility index (Phi) is 2.84. The number of fused-ring (bicyclic) bond motifs is 2. The van der Waals surface area contributed by atoms with E-state index in [-0.39, 0.29) is 18.4 Å². The summed E-state index contributed by atoms with van der Waals surface area (Å²) in [6, 6.07) is 12.0. The summed E-state index contributed by atoms with van der Waals surface area (Å²) >= 11 is 0. The van der Waals surface area contributed by atoms with Crippen LogP contribution in [0, 0.1) is 0 Å². The Morgan fingerprint density at radius 1 is 0.957 bits per heavy atom. The zero-order chi connectivity index (χ0) is 16.0. The maximum Gasteiger partial charge on any atom is 0.261 e. The molecule has 23 heavy (non-hydrogen) atoms. The van der Waals surface area contributed by atoms with Gasteiger partial charge in [0.15, 0.2) is 6.29 Å². The second-order valence-corrected chi connectivity index (χ2v) is 5.23. The molecule has 1 aromatic carbocycles. The number of hydrogen-bond acceptors (Lipinski definition) is 4. The van der Waals surface area contributed by atoms with E-state index in [9.17, 15) is 14.4 Å². The molecule has 0 bridgehead atoms. The van der Waals surface area contributed by atoms with E-state index in [1.165, 1.54) is 0 Å². The summed E-state index contributed by atoms with van der Waals surface area (Å²) in [6.45, 7) is -0.0257. The number of rotatable bonds is 3. The highest BCUT2D eigenvalue weighted by Crippen LogP contribution is 2.25. The molecule has 3 heterocycles. The summed E-state index contributed by atoms with van der Waals surface area (Å²) in [6.07, 6.45) is 2.41. The topological polar surface area (TPSA) is 71.8 Å². The molecule has 6 heteroatoms. The molecule has 0 saturated heterocycles. The van der Waals surface area contributed by atoms with Crippen LogP contribution in [-0.2, 0) is 6.54 Å². The number of aromatic nitrogens is 2. The Morgan fingerprint density at radius 2 is 1.61 bits per heavy atom. The van der Waals surface area contributed by atoms with E-state index in [0.29, 0.717) is 34.4 Å². The SMILES string of the molecule is O=Cc1c(CN2C(=O)c3ccccc3C2=O)nc2ccccn12. The number of nitrogens with zero attached hydrogens (tertiary/aromatic N) is 3. The molecule has 0 spiro atoms. The minimum Gasteiger partial charge on any atom is -0.297 e. The highest BCUT2D eigenvalue weighted by atomic mass is 16.2. The van der Waals surface area contributed by atoms with E-state index in [0.717, 1.165) is 4.90 Å². The Hall–Kier alpha value is -3.28. The van der Waals surface area contributed by atoms with Crippen molar-refractivity contribution in [3.05, 3.63) is 71.2 Å². The zero-order valence-corrected chi connectivity index (χ0v) is 12.0. The van der Waals surface area contributed by atoms with Crippen molar-refractivity contribution in [2.24, 2.45) is 0 Å². The normalized spacial score (nSPS) is 13.7. The molecule has 1 aliphatic heterocycles. The molecule has 0 saturated carbocycles. The van der Waals surface area contributed by atoms with Gasteiger partial charge in [0, 0.05) is 6.20 Å². The van der Waals surface area contributed by atoms with E-state index in [2.05, 4.69) is 4.98 Å². The molecule has 1 aliphatic rings. The van der Waals surface area contributed by atoms with Crippen molar-refractivity contribution in [3.8, 4) is 0 Å². The quantitative estimate of drug-likeness (QED) is 0.547. The van der Waals surface area contributed by atoms with Gasteiger partial charge in [-0.1, -0.05) is 18.2 Å². The maximum atomic E-state index is 12.4. The van der Waals surface area contributed by atoms with Crippen LogP contribution in [0.4, 0.5) is 0 Å². The molecular formula is C17H11N3O3. The Bertz CT molecular complexity index is 939. The number of hydrogen-bond donors (Lipinski definition) is 0. The van der Waals surface area contributed by atoms with Crippen molar-refractivity contribution < 1.29 is 14.4 Å². The van der Waals surface area contributed by atoms with Crippen LogP contribution in [0.3, 0.4) is 0 Å². The first-order valence-electron chi connectivity index (χ1n) is 7.07. The predicted molar refractivity (Wildman–Crippen MR) is 81.2 cm³/mol. The molecule has 2 aromatic heterocycles. The van der Waals surface area contributed by atoms with Gasteiger partial charge in [0.05, 0.1) is 23.4 Å². The first kappa shape index (κ1) is 13.4. The molecule has 2 amide bonds. The summed E-state index contributed by atoms with van der Waals surface area (Å²) in [5.74, 6) is -0.723. The van der Waals surface area contributed by atoms with Crippen molar-refractivity contribution in [1.29, 1.82) is 0 Å². The lowest BCUT2D eigenvalue weighted by molar-refractivity contribution is 0.0639. The zero-order valence-electron chi connectivity index (χ0n) is 12.0. The van der Waals surface area contributed by atoms with Crippen molar-refractivity contribution >= 4 is 23.7 Å². The number of aldehydes is 1. The number of amides is 2. The van der Waals surface area contributed by atoms with E-state index >= 15 is 0 Å². The van der Waals surface area contributed by atoms with Gasteiger partial charge in [-0.2, -0.15) is 0 Å². The van der Waals surface area contributed by atoms with E-state index < -0.39 is 0 Å². The number of carbonyl (C=O) groups excluding carboxylic acids is 3. The fraction of sp³-hybridized carbons (Fsp3) is 0.0588. The molecule has 0 unspecified atom stereocenters. The highest BCUT2D eigenvalue weighted by Gasteiger charge is 2.36. The molecule has 112 valence electrons. The lowest BCUT2D eigenvalue weighted by Crippen LogP contribution is -2.29. The van der Waals surface area contributed by atoms with Crippen molar-refractivity contribution in [3.63, 3.8) is 0 Å². The van der Waals surface area contributed by atoms with Crippen LogP contribution in [0.2, 0.25) is 0 Å². The molecule has 6 nitrogen and oxygen atoms in total. The summed E-state index contributed by atoms with van der Waals surface area (Å²) in [4.78, 5) is 41.7. The smallest absolute Gasteiger partial charge is 0.261 e. The van der Waals surface area contributed by atoms with Crippen LogP contribution in [-0.4, -0.2) is 32.4 Å². The van der Waals surface area contributed by atoms with Crippen LogP contribution in [0.5, 0.6) is 0 Å². The summed E-state index contributed by atoms with van der Waals surface area (Å²) in [5.41, 5.74) is 2.11. The minimum absolute atomic E-state index is 0.0257. The van der Waals surface area contributed by atoms with Crippen LogP contribution in [0.1, 0.15) is 36.9 Å². The van der Waals surface area contributed by atoms with Gasteiger partial charge in [-0.25, -0.2) is 4.98 Å². The van der Waals surface area contributed by atoms with Gasteiger partial charge in [0.25, 0.3) is 11.8 Å². The molecule has 0 atom stereocenters. The lowest BCUT2D eigenvalue weighted by atomic mass is 10.1. The fourth-order valence-corrected chi connectivity index (χ4v) is 2.84. The third-order valence-corrected chi connectivity index (χ3v) is 3.94. The molecule has 4 rings (SSSR count). The van der Waals surface area contributed by atoms with Gasteiger partial charge in [0.1, 0.15) is 11.3 Å². The number of imidazole rings is 1. The number of pyridine rings is 1. The number of imide groups is 1. The van der Waals surface area contributed by atoms with Gasteiger partial charge in [-0.3, -0.25) is 23.7 Å². The summed E-state index contributed by atoms with van der Waals surface area (Å²) in [7, 11) is 0. The number of benzene rings is 1.